The van der Waals surface area contributed by atoms with E-state index in [1.54, 1.807) is 30.9 Å². The van der Waals surface area contributed by atoms with E-state index in [0.29, 0.717) is 17.0 Å². The van der Waals surface area contributed by atoms with E-state index in [0.717, 1.165) is 0 Å². The van der Waals surface area contributed by atoms with Crippen molar-refractivity contribution in [2.45, 2.75) is 13.5 Å². The first-order valence-corrected chi connectivity index (χ1v) is 6.54. The van der Waals surface area contributed by atoms with Gasteiger partial charge in [-0.25, -0.2) is 9.89 Å². The molecule has 116 valence electrons. The van der Waals surface area contributed by atoms with Crippen molar-refractivity contribution in [1.29, 1.82) is 0 Å². The molecule has 0 aliphatic carbocycles. The van der Waals surface area contributed by atoms with E-state index in [-0.39, 0.29) is 18.7 Å². The molecule has 0 fully saturated rings. The Morgan fingerprint density at radius 3 is 2.86 bits per heavy atom. The molecule has 0 spiro atoms. The molecule has 0 aliphatic heterocycles. The van der Waals surface area contributed by atoms with Gasteiger partial charge in [0.1, 0.15) is 0 Å². The SMILES string of the molecule is CCOC(=O)C(=O)NCc1n[nH]c(=O)cc1-c1ccnn1C. The summed E-state index contributed by atoms with van der Waals surface area (Å²) in [7, 11) is 1.72. The average molecular weight is 305 g/mol. The molecule has 0 unspecified atom stereocenters. The highest BCUT2D eigenvalue weighted by Crippen LogP contribution is 2.19. The van der Waals surface area contributed by atoms with E-state index in [1.165, 1.54) is 6.07 Å². The van der Waals surface area contributed by atoms with Crippen LogP contribution in [-0.4, -0.2) is 38.5 Å². The highest BCUT2D eigenvalue weighted by Gasteiger charge is 2.17. The summed E-state index contributed by atoms with van der Waals surface area (Å²) in [4.78, 5) is 34.3. The van der Waals surface area contributed by atoms with Gasteiger partial charge in [-0.15, -0.1) is 0 Å². The molecule has 2 N–H and O–H groups in total. The molecule has 2 rings (SSSR count). The lowest BCUT2D eigenvalue weighted by molar-refractivity contribution is -0.154. The van der Waals surface area contributed by atoms with Crippen LogP contribution in [0.1, 0.15) is 12.6 Å². The number of nitrogens with one attached hydrogen (secondary N) is 2. The van der Waals surface area contributed by atoms with Gasteiger partial charge in [-0.1, -0.05) is 0 Å². The van der Waals surface area contributed by atoms with Gasteiger partial charge < -0.3 is 10.1 Å². The predicted octanol–water partition coefficient (Wildman–Crippen LogP) is -0.650. The zero-order valence-corrected chi connectivity index (χ0v) is 12.1. The highest BCUT2D eigenvalue weighted by atomic mass is 16.5. The van der Waals surface area contributed by atoms with Crippen molar-refractivity contribution in [3.63, 3.8) is 0 Å². The molecule has 0 atom stereocenters. The maximum absolute atomic E-state index is 11.5. The largest absolute Gasteiger partial charge is 0.459 e. The zero-order valence-electron chi connectivity index (χ0n) is 12.1. The normalized spacial score (nSPS) is 10.3. The number of aromatic nitrogens is 4. The fourth-order valence-corrected chi connectivity index (χ4v) is 1.86. The molecule has 9 nitrogen and oxygen atoms in total. The monoisotopic (exact) mass is 305 g/mol. The molecule has 1 amide bonds. The lowest BCUT2D eigenvalue weighted by Gasteiger charge is -2.09. The summed E-state index contributed by atoms with van der Waals surface area (Å²) in [6.45, 7) is 1.69. The van der Waals surface area contributed by atoms with Gasteiger partial charge in [-0.2, -0.15) is 10.2 Å². The molecular weight excluding hydrogens is 290 g/mol. The van der Waals surface area contributed by atoms with Crippen LogP contribution in [-0.2, 0) is 27.9 Å². The summed E-state index contributed by atoms with van der Waals surface area (Å²) >= 11 is 0. The molecule has 0 radical (unpaired) electrons. The minimum atomic E-state index is -0.964. The standard InChI is InChI=1S/C13H15N5O4/c1-3-22-13(21)12(20)14-7-9-8(6-11(19)17-16-9)10-4-5-15-18(10)2/h4-6H,3,7H2,1-2H3,(H,14,20)(H,17,19). The van der Waals surface area contributed by atoms with E-state index in [2.05, 4.69) is 25.3 Å². The number of aryl methyl sites for hydroxylation is 1. The number of esters is 1. The maximum Gasteiger partial charge on any atom is 0.396 e. The Hall–Kier alpha value is -2.97. The quantitative estimate of drug-likeness (QED) is 0.572. The highest BCUT2D eigenvalue weighted by molar-refractivity contribution is 6.32. The number of amides is 1. The van der Waals surface area contributed by atoms with Gasteiger partial charge in [0.25, 0.3) is 5.56 Å². The zero-order chi connectivity index (χ0) is 16.1. The molecule has 0 aromatic carbocycles. The third-order valence-corrected chi connectivity index (χ3v) is 2.86. The lowest BCUT2D eigenvalue weighted by atomic mass is 10.1. The molecule has 2 aromatic rings. The Morgan fingerprint density at radius 2 is 2.23 bits per heavy atom. The van der Waals surface area contributed by atoms with Crippen LogP contribution >= 0.6 is 0 Å². The maximum atomic E-state index is 11.5. The van der Waals surface area contributed by atoms with Crippen molar-refractivity contribution in [3.8, 4) is 11.3 Å². The van der Waals surface area contributed by atoms with Crippen molar-refractivity contribution in [2.24, 2.45) is 7.05 Å². The Kier molecular flexibility index (Phi) is 4.66. The van der Waals surface area contributed by atoms with Gasteiger partial charge in [0, 0.05) is 24.9 Å². The summed E-state index contributed by atoms with van der Waals surface area (Å²) in [5, 5.41) is 12.6. The fraction of sp³-hybridized carbons (Fsp3) is 0.308. The Balaban J connectivity index is 2.22. The van der Waals surface area contributed by atoms with Crippen LogP contribution in [0.2, 0.25) is 0 Å². The molecular formula is C13H15N5O4. The van der Waals surface area contributed by atoms with Crippen LogP contribution in [0.4, 0.5) is 0 Å². The molecule has 0 bridgehead atoms. The average Bonchev–Trinajstić information content (AvgIpc) is 2.91. The van der Waals surface area contributed by atoms with Crippen LogP contribution in [0, 0.1) is 0 Å². The number of H-pyrrole nitrogens is 1. The Labute approximate surface area is 125 Å². The third kappa shape index (κ3) is 3.37. The summed E-state index contributed by atoms with van der Waals surface area (Å²) in [6, 6.07) is 3.07. The first-order valence-electron chi connectivity index (χ1n) is 6.54. The number of rotatable bonds is 4. The lowest BCUT2D eigenvalue weighted by Crippen LogP contribution is -2.32. The Morgan fingerprint density at radius 1 is 1.45 bits per heavy atom. The minimum Gasteiger partial charge on any atom is -0.459 e. The van der Waals surface area contributed by atoms with E-state index in [4.69, 9.17) is 0 Å². The van der Waals surface area contributed by atoms with Crippen molar-refractivity contribution in [3.05, 3.63) is 34.4 Å². The van der Waals surface area contributed by atoms with Crippen molar-refractivity contribution in [1.82, 2.24) is 25.3 Å². The number of carbonyl (C=O) groups is 2. The summed E-state index contributed by atoms with van der Waals surface area (Å²) < 4.78 is 6.17. The summed E-state index contributed by atoms with van der Waals surface area (Å²) in [6.07, 6.45) is 1.58. The van der Waals surface area contributed by atoms with Crippen molar-refractivity contribution in [2.75, 3.05) is 6.61 Å². The van der Waals surface area contributed by atoms with Gasteiger partial charge in [-0.05, 0) is 13.0 Å². The molecule has 22 heavy (non-hydrogen) atoms. The van der Waals surface area contributed by atoms with Crippen LogP contribution in [0.5, 0.6) is 0 Å². The van der Waals surface area contributed by atoms with Crippen molar-refractivity contribution >= 4 is 11.9 Å². The molecule has 0 aliphatic rings. The third-order valence-electron chi connectivity index (χ3n) is 2.86. The van der Waals surface area contributed by atoms with Gasteiger partial charge >= 0.3 is 11.9 Å². The van der Waals surface area contributed by atoms with Crippen LogP contribution in [0.15, 0.2) is 23.1 Å². The fourth-order valence-electron chi connectivity index (χ4n) is 1.86. The molecule has 9 heteroatoms. The first-order chi connectivity index (χ1) is 10.5. The predicted molar refractivity (Wildman–Crippen MR) is 75.5 cm³/mol. The minimum absolute atomic E-state index is 0.0328. The van der Waals surface area contributed by atoms with Crippen LogP contribution in [0.25, 0.3) is 11.3 Å². The number of carbonyl (C=O) groups excluding carboxylic acids is 2. The van der Waals surface area contributed by atoms with Gasteiger partial charge in [-0.3, -0.25) is 14.3 Å². The van der Waals surface area contributed by atoms with Crippen molar-refractivity contribution < 1.29 is 14.3 Å². The molecule has 0 saturated heterocycles. The number of hydrogen-bond acceptors (Lipinski definition) is 6. The van der Waals surface area contributed by atoms with E-state index in [1.807, 2.05) is 0 Å². The van der Waals surface area contributed by atoms with Gasteiger partial charge in [0.2, 0.25) is 0 Å². The second-order valence-corrected chi connectivity index (χ2v) is 4.34. The first kappa shape index (κ1) is 15.4. The summed E-state index contributed by atoms with van der Waals surface area (Å²) in [5.74, 6) is -1.83. The number of ether oxygens (including phenoxy) is 1. The number of nitrogens with zero attached hydrogens (tertiary/aromatic N) is 3. The van der Waals surface area contributed by atoms with E-state index < -0.39 is 11.9 Å². The molecule has 2 heterocycles. The molecule has 0 saturated carbocycles. The van der Waals surface area contributed by atoms with Crippen LogP contribution < -0.4 is 10.9 Å². The van der Waals surface area contributed by atoms with Gasteiger partial charge in [0.15, 0.2) is 0 Å². The summed E-state index contributed by atoms with van der Waals surface area (Å²) in [5.41, 5.74) is 1.21. The smallest absolute Gasteiger partial charge is 0.396 e. The number of hydrogen-bond donors (Lipinski definition) is 2. The topological polar surface area (TPSA) is 119 Å². The Bertz CT molecular complexity index is 749. The van der Waals surface area contributed by atoms with E-state index >= 15 is 0 Å². The number of aromatic amines is 1. The second kappa shape index (κ2) is 6.66. The van der Waals surface area contributed by atoms with Gasteiger partial charge in [0.05, 0.1) is 24.5 Å². The van der Waals surface area contributed by atoms with E-state index in [9.17, 15) is 14.4 Å². The second-order valence-electron chi connectivity index (χ2n) is 4.34. The molecule has 2 aromatic heterocycles. The van der Waals surface area contributed by atoms with Crippen LogP contribution in [0.3, 0.4) is 0 Å².